The zero-order valence-corrected chi connectivity index (χ0v) is 24.1. The average Bonchev–Trinajstić information content (AvgIpc) is 3.33. The van der Waals surface area contributed by atoms with Crippen LogP contribution in [0.3, 0.4) is 0 Å². The zero-order chi connectivity index (χ0) is 28.6. The van der Waals surface area contributed by atoms with Gasteiger partial charge in [0.1, 0.15) is 28.7 Å². The Labute approximate surface area is 243 Å². The molecule has 9 nitrogen and oxygen atoms in total. The van der Waals surface area contributed by atoms with Crippen molar-refractivity contribution in [1.29, 1.82) is 0 Å². The number of amides is 2. The normalized spacial score (nSPS) is 15.9. The van der Waals surface area contributed by atoms with Gasteiger partial charge in [-0.15, -0.1) is 0 Å². The Kier molecular flexibility index (Phi) is 7.71. The summed E-state index contributed by atoms with van der Waals surface area (Å²) in [5.74, 6) is 0.759. The van der Waals surface area contributed by atoms with E-state index < -0.39 is 9.84 Å². The number of rotatable bonds is 6. The van der Waals surface area contributed by atoms with E-state index in [0.29, 0.717) is 29.1 Å². The Morgan fingerprint density at radius 2 is 1.90 bits per heavy atom. The molecule has 3 aromatic heterocycles. The number of fused-ring (bicyclic) bond motifs is 1. The summed E-state index contributed by atoms with van der Waals surface area (Å²) in [5.41, 5.74) is 8.38. The fourth-order valence-electron chi connectivity index (χ4n) is 4.97. The van der Waals surface area contributed by atoms with E-state index in [1.54, 1.807) is 30.5 Å². The molecule has 3 N–H and O–H groups in total. The lowest BCUT2D eigenvalue weighted by molar-refractivity contribution is -0.135. The Morgan fingerprint density at radius 3 is 2.60 bits per heavy atom. The molecule has 0 radical (unpaired) electrons. The minimum Gasteiger partial charge on any atom is -0.382 e. The van der Waals surface area contributed by atoms with Crippen molar-refractivity contribution in [1.82, 2.24) is 24.3 Å². The maximum absolute atomic E-state index is 13.7. The molecule has 40 heavy (non-hydrogen) atoms. The average molecular weight is 659 g/mol. The number of hydrogen-bond donors (Lipinski definition) is 2. The van der Waals surface area contributed by atoms with Gasteiger partial charge >= 0.3 is 3.93 Å². The van der Waals surface area contributed by atoms with Crippen LogP contribution in [-0.2, 0) is 8.72 Å². The number of likely N-dealkylation sites (tertiary alicyclic amines) is 1. The van der Waals surface area contributed by atoms with Crippen molar-refractivity contribution in [2.75, 3.05) is 24.1 Å². The number of nitrogens with one attached hydrogen (secondary N) is 1. The molecule has 1 aliphatic rings. The van der Waals surface area contributed by atoms with Gasteiger partial charge in [-0.3, -0.25) is 14.0 Å². The maximum atomic E-state index is 13.7. The van der Waals surface area contributed by atoms with Crippen molar-refractivity contribution in [2.24, 2.45) is 5.92 Å². The molecule has 5 rings (SSSR count). The van der Waals surface area contributed by atoms with Crippen LogP contribution in [0.25, 0.3) is 16.8 Å². The molecule has 1 atom stereocenters. The number of carbonyl (C=O) groups excluding carboxylic acids is 2. The highest BCUT2D eigenvalue weighted by Crippen LogP contribution is 2.36. The molecule has 2 amide bonds. The van der Waals surface area contributed by atoms with Crippen LogP contribution in [0, 0.1) is 5.92 Å². The predicted octanol–water partition coefficient (Wildman–Crippen LogP) is 5.47. The highest BCUT2D eigenvalue weighted by Gasteiger charge is 2.30. The molecule has 1 aliphatic heterocycles. The Bertz CT molecular complexity index is 1570. The lowest BCUT2D eigenvalue weighted by atomic mass is 9.96. The molecule has 1 aromatic carbocycles. The van der Waals surface area contributed by atoms with Gasteiger partial charge in [0.05, 0.1) is 0 Å². The first kappa shape index (κ1) is 27.9. The molecule has 0 saturated carbocycles. The number of imidazole rings is 1. The Morgan fingerprint density at radius 1 is 1.15 bits per heavy atom. The third-order valence-electron chi connectivity index (χ3n) is 6.95. The molecule has 4 heterocycles. The number of anilines is 2. The summed E-state index contributed by atoms with van der Waals surface area (Å²) in [6.45, 7) is 5.12. The van der Waals surface area contributed by atoms with Gasteiger partial charge in [-0.05, 0) is 37.1 Å². The van der Waals surface area contributed by atoms with E-state index in [1.165, 1.54) is 12.3 Å². The van der Waals surface area contributed by atoms with Gasteiger partial charge in [0, 0.05) is 82.8 Å². The van der Waals surface area contributed by atoms with Crippen LogP contribution in [-0.4, -0.2) is 49.2 Å². The predicted molar refractivity (Wildman–Crippen MR) is 156 cm³/mol. The summed E-state index contributed by atoms with van der Waals surface area (Å²) in [6, 6.07) is 9.12. The smallest absolute Gasteiger partial charge is 0.321 e. The van der Waals surface area contributed by atoms with Crippen molar-refractivity contribution in [3.63, 3.8) is 0 Å². The first-order valence-corrected chi connectivity index (χ1v) is 14.0. The van der Waals surface area contributed by atoms with Crippen LogP contribution >= 0.6 is 22.6 Å². The van der Waals surface area contributed by atoms with Crippen LogP contribution in [0.2, 0.25) is 0 Å². The number of pyridine rings is 1. The molecule has 0 bridgehead atoms. The number of halogens is 3. The minimum atomic E-state index is -3.08. The fourth-order valence-corrected chi connectivity index (χ4v) is 5.31. The number of carbonyl (C=O) groups is 2. The highest BCUT2D eigenvalue weighted by atomic mass is 127. The Balaban J connectivity index is 1.42. The van der Waals surface area contributed by atoms with E-state index in [4.69, 9.17) is 10.7 Å². The molecule has 4 aromatic rings. The lowest BCUT2D eigenvalue weighted by Crippen LogP contribution is -2.41. The van der Waals surface area contributed by atoms with Crippen LogP contribution < -0.4 is 11.1 Å². The maximum Gasteiger partial charge on any atom is 0.321 e. The van der Waals surface area contributed by atoms with E-state index >= 15 is 0 Å². The van der Waals surface area contributed by atoms with Crippen molar-refractivity contribution in [2.45, 2.75) is 36.5 Å². The molecular formula is C28H28F2IN7O2. The summed E-state index contributed by atoms with van der Waals surface area (Å²) >= 11 is 1.03. The summed E-state index contributed by atoms with van der Waals surface area (Å²) in [7, 11) is 0. The lowest BCUT2D eigenvalue weighted by Gasteiger charge is -2.33. The summed E-state index contributed by atoms with van der Waals surface area (Å²) in [5, 5.41) is 2.57. The molecule has 1 unspecified atom stereocenters. The molecule has 208 valence electrons. The SMILES string of the molecule is CC(C)C(=O)N1CCCC(c2nc(-c3ccc(C(=O)Nc4cc(C(F)(F)I)ccn4)cc3)c3c(N)nccn23)C1. The number of benzene rings is 1. The molecule has 0 spiro atoms. The highest BCUT2D eigenvalue weighted by molar-refractivity contribution is 14.1. The second-order valence-corrected chi connectivity index (χ2v) is 11.4. The van der Waals surface area contributed by atoms with Gasteiger partial charge in [0.15, 0.2) is 0 Å². The molecule has 1 saturated heterocycles. The topological polar surface area (TPSA) is 119 Å². The Hall–Kier alpha value is -3.68. The van der Waals surface area contributed by atoms with Crippen LogP contribution in [0.15, 0.2) is 55.0 Å². The molecule has 0 aliphatic carbocycles. The number of nitrogen functional groups attached to an aromatic ring is 1. The quantitative estimate of drug-likeness (QED) is 0.209. The first-order chi connectivity index (χ1) is 19.0. The number of hydrogen-bond acceptors (Lipinski definition) is 6. The molecule has 12 heteroatoms. The largest absolute Gasteiger partial charge is 0.382 e. The standard InChI is InChI=1S/C28H28F2IN7O2/c1-16(2)27(40)37-12-3-4-19(15-37)25-36-22(23-24(32)34-11-13-38(23)25)17-5-7-18(8-6-17)26(39)35-21-14-20(9-10-33-21)28(29,30)31/h5-11,13-14,16,19H,3-4,12,15H2,1-2H3,(H2,32,34)(H,33,35,39). The summed E-state index contributed by atoms with van der Waals surface area (Å²) < 4.78 is 26.2. The van der Waals surface area contributed by atoms with Crippen LogP contribution in [0.1, 0.15) is 54.4 Å². The van der Waals surface area contributed by atoms with Gasteiger partial charge in [-0.2, -0.15) is 8.78 Å². The zero-order valence-electron chi connectivity index (χ0n) is 21.9. The number of nitrogens with zero attached hydrogens (tertiary/aromatic N) is 5. The number of piperidine rings is 1. The first-order valence-electron chi connectivity index (χ1n) is 12.9. The van der Waals surface area contributed by atoms with Crippen LogP contribution in [0.4, 0.5) is 20.4 Å². The number of alkyl halides is 3. The fraction of sp³-hybridized carbons (Fsp3) is 0.321. The third-order valence-corrected chi connectivity index (χ3v) is 7.57. The van der Waals surface area contributed by atoms with E-state index in [0.717, 1.165) is 59.4 Å². The van der Waals surface area contributed by atoms with Gasteiger partial charge in [-0.25, -0.2) is 15.0 Å². The third kappa shape index (κ3) is 5.62. The van der Waals surface area contributed by atoms with E-state index in [2.05, 4.69) is 15.3 Å². The van der Waals surface area contributed by atoms with E-state index in [9.17, 15) is 18.4 Å². The van der Waals surface area contributed by atoms with E-state index in [-0.39, 0.29) is 29.1 Å². The van der Waals surface area contributed by atoms with Crippen molar-refractivity contribution >= 4 is 51.6 Å². The second kappa shape index (κ2) is 11.1. The monoisotopic (exact) mass is 659 g/mol. The number of nitrogens with two attached hydrogens (primary N) is 1. The van der Waals surface area contributed by atoms with Crippen molar-refractivity contribution in [3.8, 4) is 11.3 Å². The van der Waals surface area contributed by atoms with Crippen molar-refractivity contribution in [3.05, 3.63) is 71.9 Å². The number of aromatic nitrogens is 4. The van der Waals surface area contributed by atoms with Gasteiger partial charge in [-0.1, -0.05) is 26.0 Å². The van der Waals surface area contributed by atoms with E-state index in [1.807, 2.05) is 29.3 Å². The van der Waals surface area contributed by atoms with Crippen molar-refractivity contribution < 1.29 is 18.4 Å². The second-order valence-electron chi connectivity index (χ2n) is 10.1. The van der Waals surface area contributed by atoms with Gasteiger partial charge in [0.25, 0.3) is 5.91 Å². The van der Waals surface area contributed by atoms with Gasteiger partial charge < -0.3 is 16.0 Å². The molecular weight excluding hydrogens is 631 g/mol. The minimum absolute atomic E-state index is 0.0303. The summed E-state index contributed by atoms with van der Waals surface area (Å²) in [6.07, 6.45) is 6.45. The summed E-state index contributed by atoms with van der Waals surface area (Å²) in [4.78, 5) is 40.6. The molecule has 1 fully saturated rings. The van der Waals surface area contributed by atoms with Gasteiger partial charge in [0.2, 0.25) is 5.91 Å². The van der Waals surface area contributed by atoms with Crippen LogP contribution in [0.5, 0.6) is 0 Å².